The predicted octanol–water partition coefficient (Wildman–Crippen LogP) is 3.00. The summed E-state index contributed by atoms with van der Waals surface area (Å²) in [5, 5.41) is 9.79. The van der Waals surface area contributed by atoms with Gasteiger partial charge in [0, 0.05) is 0 Å². The van der Waals surface area contributed by atoms with Crippen molar-refractivity contribution in [3.05, 3.63) is 20.6 Å². The van der Waals surface area contributed by atoms with Crippen LogP contribution in [0.5, 0.6) is 11.5 Å². The van der Waals surface area contributed by atoms with Crippen LogP contribution >= 0.6 is 31.9 Å². The molecule has 1 aromatic rings. The van der Waals surface area contributed by atoms with Gasteiger partial charge in [0.25, 0.3) is 0 Å². The van der Waals surface area contributed by atoms with Gasteiger partial charge in [0.15, 0.2) is 11.5 Å². The Morgan fingerprint density at radius 1 is 1.60 bits per heavy atom. The van der Waals surface area contributed by atoms with Gasteiger partial charge >= 0.3 is 0 Å². The van der Waals surface area contributed by atoms with E-state index in [9.17, 15) is 5.11 Å². The molecule has 0 aliphatic carbocycles. The van der Waals surface area contributed by atoms with E-state index < -0.39 is 0 Å². The molecule has 0 aromatic heterocycles. The highest BCUT2D eigenvalue weighted by Gasteiger charge is 2.25. The summed E-state index contributed by atoms with van der Waals surface area (Å²) in [4.78, 5) is 0. The largest absolute Gasteiger partial charge is 0.503 e. The smallest absolute Gasteiger partial charge is 0.176 e. The van der Waals surface area contributed by atoms with Crippen LogP contribution < -0.4 is 4.74 Å². The van der Waals surface area contributed by atoms with Crippen molar-refractivity contribution < 1.29 is 14.6 Å². The zero-order valence-corrected chi connectivity index (χ0v) is 11.3. The summed E-state index contributed by atoms with van der Waals surface area (Å²) < 4.78 is 12.0. The molecule has 0 amide bonds. The molecule has 0 saturated carbocycles. The van der Waals surface area contributed by atoms with Gasteiger partial charge in [0.1, 0.15) is 12.7 Å². The molecule has 1 aliphatic rings. The van der Waals surface area contributed by atoms with Crippen molar-refractivity contribution in [1.29, 1.82) is 0 Å². The van der Waals surface area contributed by atoms with Crippen LogP contribution in [0, 0.1) is 6.92 Å². The molecule has 2 rings (SSSR count). The average molecular weight is 338 g/mol. The van der Waals surface area contributed by atoms with Gasteiger partial charge in [-0.25, -0.2) is 0 Å². The van der Waals surface area contributed by atoms with Gasteiger partial charge in [-0.3, -0.25) is 0 Å². The summed E-state index contributed by atoms with van der Waals surface area (Å²) in [6.07, 6.45) is 0.176. The monoisotopic (exact) mass is 336 g/mol. The molecule has 1 fully saturated rings. The Morgan fingerprint density at radius 3 is 2.87 bits per heavy atom. The first kappa shape index (κ1) is 11.2. The van der Waals surface area contributed by atoms with Gasteiger partial charge in [-0.2, -0.15) is 0 Å². The van der Waals surface area contributed by atoms with Gasteiger partial charge < -0.3 is 14.6 Å². The molecule has 0 radical (unpaired) electrons. The van der Waals surface area contributed by atoms with Crippen LogP contribution in [0.4, 0.5) is 0 Å². The van der Waals surface area contributed by atoms with E-state index in [1.807, 2.05) is 13.0 Å². The maximum absolute atomic E-state index is 9.79. The van der Waals surface area contributed by atoms with Crippen LogP contribution in [0.1, 0.15) is 5.56 Å². The normalized spacial score (nSPS) is 19.0. The minimum absolute atomic E-state index is 0.119. The van der Waals surface area contributed by atoms with Gasteiger partial charge in [-0.15, -0.1) is 0 Å². The lowest BCUT2D eigenvalue weighted by atomic mass is 10.2. The molecule has 1 saturated heterocycles. The topological polar surface area (TPSA) is 42.0 Å². The molecule has 0 bridgehead atoms. The van der Waals surface area contributed by atoms with Crippen molar-refractivity contribution in [2.75, 3.05) is 13.2 Å². The Kier molecular flexibility index (Phi) is 3.23. The molecular formula is C10H10Br2O3. The van der Waals surface area contributed by atoms with Crippen molar-refractivity contribution in [2.24, 2.45) is 0 Å². The van der Waals surface area contributed by atoms with Crippen molar-refractivity contribution in [1.82, 2.24) is 0 Å². The number of halogens is 2. The third-order valence-corrected chi connectivity index (χ3v) is 3.74. The molecular weight excluding hydrogens is 328 g/mol. The number of hydrogen-bond acceptors (Lipinski definition) is 3. The molecule has 1 unspecified atom stereocenters. The number of phenols is 1. The first-order valence-corrected chi connectivity index (χ1v) is 6.10. The molecule has 1 aliphatic heterocycles. The second-order valence-electron chi connectivity index (χ2n) is 3.43. The fourth-order valence-corrected chi connectivity index (χ4v) is 2.13. The highest BCUT2D eigenvalue weighted by molar-refractivity contribution is 9.11. The Labute approximate surface area is 105 Å². The van der Waals surface area contributed by atoms with E-state index >= 15 is 0 Å². The number of epoxide rings is 1. The van der Waals surface area contributed by atoms with E-state index in [1.165, 1.54) is 0 Å². The molecule has 15 heavy (non-hydrogen) atoms. The average Bonchev–Trinajstić information content (AvgIpc) is 2.99. The molecule has 3 nitrogen and oxygen atoms in total. The molecule has 1 atom stereocenters. The predicted molar refractivity (Wildman–Crippen MR) is 63.5 cm³/mol. The molecule has 82 valence electrons. The Morgan fingerprint density at radius 2 is 2.27 bits per heavy atom. The van der Waals surface area contributed by atoms with Crippen LogP contribution in [0.15, 0.2) is 15.0 Å². The number of aryl methyl sites for hydroxylation is 1. The van der Waals surface area contributed by atoms with E-state index in [-0.39, 0.29) is 11.9 Å². The van der Waals surface area contributed by atoms with Crippen molar-refractivity contribution in [3.63, 3.8) is 0 Å². The van der Waals surface area contributed by atoms with Crippen molar-refractivity contribution in [3.8, 4) is 11.5 Å². The first-order valence-electron chi connectivity index (χ1n) is 4.51. The molecule has 5 heteroatoms. The SMILES string of the molecule is Cc1cc(Br)c(O)c(OCC2CO2)c1Br. The van der Waals surface area contributed by atoms with Gasteiger partial charge in [0.2, 0.25) is 0 Å². The number of rotatable bonds is 3. The number of hydrogen-bond donors (Lipinski definition) is 1. The highest BCUT2D eigenvalue weighted by atomic mass is 79.9. The first-order chi connectivity index (χ1) is 7.09. The summed E-state index contributed by atoms with van der Waals surface area (Å²) in [5.41, 5.74) is 1.01. The molecule has 1 aromatic carbocycles. The van der Waals surface area contributed by atoms with E-state index in [0.717, 1.165) is 16.6 Å². The number of ether oxygens (including phenoxy) is 2. The van der Waals surface area contributed by atoms with Crippen LogP contribution in [0.25, 0.3) is 0 Å². The van der Waals surface area contributed by atoms with Crippen LogP contribution in [-0.2, 0) is 4.74 Å². The summed E-state index contributed by atoms with van der Waals surface area (Å²) in [7, 11) is 0. The van der Waals surface area contributed by atoms with E-state index in [0.29, 0.717) is 16.8 Å². The lowest BCUT2D eigenvalue weighted by Crippen LogP contribution is -2.05. The zero-order chi connectivity index (χ0) is 11.0. The number of aromatic hydroxyl groups is 1. The minimum Gasteiger partial charge on any atom is -0.503 e. The quantitative estimate of drug-likeness (QED) is 0.862. The summed E-state index contributed by atoms with van der Waals surface area (Å²) in [5.74, 6) is 0.588. The van der Waals surface area contributed by atoms with E-state index in [1.54, 1.807) is 0 Å². The van der Waals surface area contributed by atoms with E-state index in [4.69, 9.17) is 9.47 Å². The molecule has 1 N–H and O–H groups in total. The number of phenolic OH excluding ortho intramolecular Hbond substituents is 1. The fraction of sp³-hybridized carbons (Fsp3) is 0.400. The zero-order valence-electron chi connectivity index (χ0n) is 8.09. The van der Waals surface area contributed by atoms with Crippen LogP contribution in [-0.4, -0.2) is 24.4 Å². The number of benzene rings is 1. The maximum Gasteiger partial charge on any atom is 0.176 e. The second-order valence-corrected chi connectivity index (χ2v) is 5.08. The van der Waals surface area contributed by atoms with Gasteiger partial charge in [-0.05, 0) is 50.4 Å². The molecule has 0 spiro atoms. The van der Waals surface area contributed by atoms with Gasteiger partial charge in [-0.1, -0.05) is 0 Å². The Bertz CT molecular complexity index is 362. The standard InChI is InChI=1S/C10H10Br2O3/c1-5-2-7(11)9(13)10(8(5)12)15-4-6-3-14-6/h2,6,13H,3-4H2,1H3. The fourth-order valence-electron chi connectivity index (χ4n) is 1.19. The third kappa shape index (κ3) is 2.46. The van der Waals surface area contributed by atoms with Gasteiger partial charge in [0.05, 0.1) is 15.6 Å². The van der Waals surface area contributed by atoms with E-state index in [2.05, 4.69) is 31.9 Å². The minimum atomic E-state index is 0.119. The highest BCUT2D eigenvalue weighted by Crippen LogP contribution is 2.42. The summed E-state index contributed by atoms with van der Waals surface area (Å²) >= 11 is 6.66. The second kappa shape index (κ2) is 4.31. The van der Waals surface area contributed by atoms with Crippen molar-refractivity contribution in [2.45, 2.75) is 13.0 Å². The molecule has 1 heterocycles. The van der Waals surface area contributed by atoms with Crippen molar-refractivity contribution >= 4 is 31.9 Å². The van der Waals surface area contributed by atoms with Crippen LogP contribution in [0.2, 0.25) is 0 Å². The van der Waals surface area contributed by atoms with Crippen LogP contribution in [0.3, 0.4) is 0 Å². The summed E-state index contributed by atoms with van der Waals surface area (Å²) in [6, 6.07) is 1.83. The maximum atomic E-state index is 9.79. The lowest BCUT2D eigenvalue weighted by Gasteiger charge is -2.12. The Hall–Kier alpha value is -0.260. The third-order valence-electron chi connectivity index (χ3n) is 2.15. The lowest BCUT2D eigenvalue weighted by molar-refractivity contribution is 0.252. The Balaban J connectivity index is 2.25. The summed E-state index contributed by atoms with van der Waals surface area (Å²) in [6.45, 7) is 3.15.